The number of anilines is 6. The number of aromatic nitrogens is 2. The van der Waals surface area contributed by atoms with Crippen LogP contribution in [0.4, 0.5) is 56.5 Å². The lowest BCUT2D eigenvalue weighted by molar-refractivity contribution is -0.134. The molecule has 1 aromatic heterocycles. The van der Waals surface area contributed by atoms with Gasteiger partial charge in [0.15, 0.2) is 11.6 Å². The van der Waals surface area contributed by atoms with Crippen molar-refractivity contribution in [2.75, 3.05) is 60.1 Å². The highest BCUT2D eigenvalue weighted by molar-refractivity contribution is 6.04. The Labute approximate surface area is 376 Å². The second-order valence-electron chi connectivity index (χ2n) is 16.7. The first-order valence-corrected chi connectivity index (χ1v) is 21.7. The number of hydrogen-bond donors (Lipinski definition) is 5. The maximum absolute atomic E-state index is 15.3. The second kappa shape index (κ2) is 20.0. The van der Waals surface area contributed by atoms with Crippen LogP contribution in [0.5, 0.6) is 0 Å². The van der Waals surface area contributed by atoms with Crippen LogP contribution in [0.15, 0.2) is 85.1 Å². The smallest absolute Gasteiger partial charge is 0.268 e. The van der Waals surface area contributed by atoms with Crippen molar-refractivity contribution in [3.8, 4) is 0 Å². The molecular weight excluding hydrogens is 864 g/mol. The fourth-order valence-electron chi connectivity index (χ4n) is 8.52. The Morgan fingerprint density at radius 3 is 2.20 bits per heavy atom. The minimum Gasteiger partial charge on any atom is -0.366 e. The number of piperazine rings is 1. The molecule has 0 saturated carbocycles. The van der Waals surface area contributed by atoms with E-state index in [9.17, 15) is 28.0 Å². The van der Waals surface area contributed by atoms with Gasteiger partial charge in [-0.05, 0) is 106 Å². The molecule has 66 heavy (non-hydrogen) atoms. The number of rotatable bonds is 13. The zero-order valence-electron chi connectivity index (χ0n) is 35.9. The van der Waals surface area contributed by atoms with Crippen LogP contribution in [0.1, 0.15) is 71.2 Å². The Hall–Kier alpha value is -6.99. The predicted molar refractivity (Wildman–Crippen MR) is 237 cm³/mol. The molecule has 0 spiro atoms. The van der Waals surface area contributed by atoms with Crippen molar-refractivity contribution in [2.45, 2.75) is 51.0 Å². The quantitative estimate of drug-likeness (QED) is 0.0592. The van der Waals surface area contributed by atoms with Crippen LogP contribution in [-0.4, -0.2) is 88.8 Å². The number of amides is 4. The standard InChI is InChI=1S/C47H47F5N10O4/c1-27-26-61(41-24-38(50)35(23-39(41)51)32-12-13-42(63)57-44(32)64)21-20-60(27)17-14-28-15-18-62(19-16-28)59-46(66)34-11-10-31(22-37(34)49)56-47-53-25-40(52)43(58-47)54-29-6-8-30(9-7-29)55-45(65)33-4-2-3-5-36(33)48/h2-11,22-25,27-28,32H,12-21,26H2,1H3,(H,55,65)(H,59,66)(H,57,63,64)(H2,53,54,56,58)/t27-,32?/m1/s1. The zero-order chi connectivity index (χ0) is 46.5. The van der Waals surface area contributed by atoms with Crippen LogP contribution >= 0.6 is 0 Å². The molecule has 3 aliphatic heterocycles. The number of hydrogen-bond acceptors (Lipinski definition) is 11. The van der Waals surface area contributed by atoms with E-state index in [4.69, 9.17) is 0 Å². The lowest BCUT2D eigenvalue weighted by Gasteiger charge is -2.42. The fourth-order valence-corrected chi connectivity index (χ4v) is 8.52. The van der Waals surface area contributed by atoms with Crippen molar-refractivity contribution in [2.24, 2.45) is 5.92 Å². The first-order valence-electron chi connectivity index (χ1n) is 21.7. The van der Waals surface area contributed by atoms with Crippen LogP contribution in [0, 0.1) is 35.0 Å². The number of nitrogens with zero attached hydrogens (tertiary/aromatic N) is 5. The fraction of sp³-hybridized carbons (Fsp3) is 0.319. The summed E-state index contributed by atoms with van der Waals surface area (Å²) in [5.74, 6) is -6.51. The highest BCUT2D eigenvalue weighted by Crippen LogP contribution is 2.33. The molecule has 0 aliphatic carbocycles. The summed E-state index contributed by atoms with van der Waals surface area (Å²) in [6, 6.07) is 18.0. The Balaban J connectivity index is 0.771. The predicted octanol–water partition coefficient (Wildman–Crippen LogP) is 7.39. The lowest BCUT2D eigenvalue weighted by Crippen LogP contribution is -2.53. The highest BCUT2D eigenvalue weighted by atomic mass is 19.1. The SMILES string of the molecule is C[C@@H]1CN(c2cc(F)c(C3CCC(=O)NC3=O)cc2F)CCN1CCC1CCN(NC(=O)c2ccc(Nc3ncc(F)c(Nc4ccc(NC(=O)c5ccccc5F)cc4)n3)cc2F)CC1. The van der Waals surface area contributed by atoms with Gasteiger partial charge in [0.2, 0.25) is 17.8 Å². The number of benzene rings is 4. The molecule has 3 aliphatic rings. The minimum atomic E-state index is -0.913. The second-order valence-corrected chi connectivity index (χ2v) is 16.7. The van der Waals surface area contributed by atoms with Crippen LogP contribution < -0.4 is 31.6 Å². The number of carbonyl (C=O) groups excluding carboxylic acids is 4. The molecule has 14 nitrogen and oxygen atoms in total. The normalized spacial score (nSPS) is 18.4. The van der Waals surface area contributed by atoms with Gasteiger partial charge < -0.3 is 20.9 Å². The lowest BCUT2D eigenvalue weighted by atomic mass is 9.89. The Morgan fingerprint density at radius 2 is 1.47 bits per heavy atom. The highest BCUT2D eigenvalue weighted by Gasteiger charge is 2.33. The van der Waals surface area contributed by atoms with Gasteiger partial charge in [0.25, 0.3) is 11.8 Å². The first-order chi connectivity index (χ1) is 31.8. The average molecular weight is 911 g/mol. The van der Waals surface area contributed by atoms with Gasteiger partial charge >= 0.3 is 0 Å². The third-order valence-electron chi connectivity index (χ3n) is 12.2. The van der Waals surface area contributed by atoms with E-state index in [1.165, 1.54) is 30.3 Å². The summed E-state index contributed by atoms with van der Waals surface area (Å²) in [5.41, 5.74) is 3.65. The molecule has 8 rings (SSSR count). The zero-order valence-corrected chi connectivity index (χ0v) is 35.9. The van der Waals surface area contributed by atoms with Gasteiger partial charge in [0, 0.05) is 73.9 Å². The molecule has 4 aromatic carbocycles. The minimum absolute atomic E-state index is 0.0451. The topological polar surface area (TPSA) is 164 Å². The number of halogens is 5. The molecule has 4 amide bonds. The molecule has 0 radical (unpaired) electrons. The van der Waals surface area contributed by atoms with E-state index in [0.29, 0.717) is 50.0 Å². The number of imide groups is 1. The number of carbonyl (C=O) groups is 4. The van der Waals surface area contributed by atoms with E-state index in [2.05, 4.69) is 48.5 Å². The Bertz CT molecular complexity index is 2630. The van der Waals surface area contributed by atoms with Gasteiger partial charge in [-0.15, -0.1) is 0 Å². The molecule has 19 heteroatoms. The van der Waals surface area contributed by atoms with E-state index >= 15 is 13.2 Å². The van der Waals surface area contributed by atoms with Crippen molar-refractivity contribution >= 4 is 58.1 Å². The summed E-state index contributed by atoms with van der Waals surface area (Å²) in [6.45, 7) is 5.68. The monoisotopic (exact) mass is 910 g/mol. The first kappa shape index (κ1) is 45.6. The molecule has 1 unspecified atom stereocenters. The van der Waals surface area contributed by atoms with Crippen molar-refractivity contribution < 1.29 is 41.1 Å². The van der Waals surface area contributed by atoms with E-state index in [1.54, 1.807) is 35.3 Å². The van der Waals surface area contributed by atoms with Crippen LogP contribution in [-0.2, 0) is 9.59 Å². The van der Waals surface area contributed by atoms with Crippen LogP contribution in [0.3, 0.4) is 0 Å². The van der Waals surface area contributed by atoms with Crippen molar-refractivity contribution in [1.29, 1.82) is 0 Å². The summed E-state index contributed by atoms with van der Waals surface area (Å²) in [4.78, 5) is 61.7. The van der Waals surface area contributed by atoms with Gasteiger partial charge in [-0.3, -0.25) is 34.8 Å². The van der Waals surface area contributed by atoms with Crippen LogP contribution in [0.25, 0.3) is 0 Å². The summed E-state index contributed by atoms with van der Waals surface area (Å²) in [7, 11) is 0. The molecule has 3 fully saturated rings. The molecule has 5 N–H and O–H groups in total. The Kier molecular flexibility index (Phi) is 13.8. The van der Waals surface area contributed by atoms with Crippen LogP contribution in [0.2, 0.25) is 0 Å². The molecule has 0 bridgehead atoms. The summed E-state index contributed by atoms with van der Waals surface area (Å²) in [6.07, 6.45) is 3.70. The Morgan fingerprint density at radius 1 is 0.742 bits per heavy atom. The van der Waals surface area contributed by atoms with Gasteiger partial charge in [-0.2, -0.15) is 4.98 Å². The van der Waals surface area contributed by atoms with Crippen molar-refractivity contribution in [1.82, 2.24) is 30.6 Å². The van der Waals surface area contributed by atoms with Gasteiger partial charge in [0.1, 0.15) is 23.3 Å². The van der Waals surface area contributed by atoms with Gasteiger partial charge in [-0.25, -0.2) is 31.9 Å². The summed E-state index contributed by atoms with van der Waals surface area (Å²) < 4.78 is 74.6. The van der Waals surface area contributed by atoms with E-state index < -0.39 is 58.6 Å². The molecule has 4 heterocycles. The van der Waals surface area contributed by atoms with Crippen molar-refractivity contribution in [3.63, 3.8) is 0 Å². The number of piperidine rings is 2. The van der Waals surface area contributed by atoms with E-state index in [-0.39, 0.29) is 58.7 Å². The molecule has 5 aromatic rings. The summed E-state index contributed by atoms with van der Waals surface area (Å²) in [5, 5.41) is 12.2. The van der Waals surface area contributed by atoms with Gasteiger partial charge in [-0.1, -0.05) is 12.1 Å². The maximum Gasteiger partial charge on any atom is 0.268 e. The van der Waals surface area contributed by atoms with E-state index in [0.717, 1.165) is 50.2 Å². The van der Waals surface area contributed by atoms with E-state index in [1.807, 2.05) is 4.90 Å². The maximum atomic E-state index is 15.3. The third kappa shape index (κ3) is 10.7. The molecule has 344 valence electrons. The number of nitrogens with one attached hydrogen (secondary N) is 5. The van der Waals surface area contributed by atoms with Crippen molar-refractivity contribution in [3.05, 3.63) is 131 Å². The molecular formula is C47H47F5N10O4. The molecule has 2 atom stereocenters. The van der Waals surface area contributed by atoms with Gasteiger partial charge in [0.05, 0.1) is 28.9 Å². The third-order valence-corrected chi connectivity index (χ3v) is 12.2. The number of hydrazine groups is 1. The summed E-state index contributed by atoms with van der Waals surface area (Å²) >= 11 is 0. The molecule has 3 saturated heterocycles. The largest absolute Gasteiger partial charge is 0.366 e. The average Bonchev–Trinajstić information content (AvgIpc) is 3.29.